The van der Waals surface area contributed by atoms with Gasteiger partial charge in [-0.05, 0) is 86.6 Å². The molecule has 0 fully saturated rings. The van der Waals surface area contributed by atoms with Crippen LogP contribution in [0.5, 0.6) is 23.0 Å². The fourth-order valence-corrected chi connectivity index (χ4v) is 5.41. The molecule has 2 atom stereocenters. The molecule has 0 saturated heterocycles. The van der Waals surface area contributed by atoms with E-state index in [2.05, 4.69) is 23.8 Å². The lowest BCUT2D eigenvalue weighted by atomic mass is 10.3. The third-order valence-electron chi connectivity index (χ3n) is 7.57. The quantitative estimate of drug-likeness (QED) is 0.0316. The number of amides is 2. The average Bonchev–Trinajstić information content (AvgIpc) is 3.24. The first-order chi connectivity index (χ1) is 28.5. The van der Waals surface area contributed by atoms with Crippen LogP contribution >= 0.6 is 11.8 Å². The largest absolute Gasteiger partial charge is 0.490 e. The first-order valence-corrected chi connectivity index (χ1v) is 19.4. The minimum atomic E-state index is -0.761. The summed E-state index contributed by atoms with van der Waals surface area (Å²) in [5.41, 5.74) is 0.526. The normalized spacial score (nSPS) is 11.4. The van der Waals surface area contributed by atoms with E-state index in [1.54, 1.807) is 24.3 Å². The Morgan fingerprint density at radius 1 is 0.508 bits per heavy atom. The fourth-order valence-electron chi connectivity index (χ4n) is 4.59. The van der Waals surface area contributed by atoms with E-state index in [0.717, 1.165) is 9.79 Å². The molecule has 0 spiro atoms. The molecule has 0 aliphatic heterocycles. The highest BCUT2D eigenvalue weighted by molar-refractivity contribution is 7.99. The van der Waals surface area contributed by atoms with Crippen molar-refractivity contribution in [2.75, 3.05) is 52.7 Å². The van der Waals surface area contributed by atoms with Crippen LogP contribution in [-0.2, 0) is 28.5 Å². The van der Waals surface area contributed by atoms with Gasteiger partial charge in [0.2, 0.25) is 0 Å². The molecular weight excluding hydrogens is 781 g/mol. The number of carbonyl (C=O) groups is 4. The summed E-state index contributed by atoms with van der Waals surface area (Å²) in [6.45, 7) is 10.3. The topological polar surface area (TPSA) is 166 Å². The number of benzene rings is 4. The second-order valence-electron chi connectivity index (χ2n) is 12.7. The second kappa shape index (κ2) is 24.9. The van der Waals surface area contributed by atoms with Crippen LogP contribution in [0.1, 0.15) is 13.8 Å². The number of rotatable bonds is 24. The minimum Gasteiger partial charge on any atom is -0.490 e. The average molecular weight is 829 g/mol. The first kappa shape index (κ1) is 45.1. The van der Waals surface area contributed by atoms with E-state index in [9.17, 15) is 19.2 Å². The van der Waals surface area contributed by atoms with Crippen LogP contribution in [0.3, 0.4) is 0 Å². The Hall–Kier alpha value is -6.61. The fraction of sp³-hybridized carbons (Fsp3) is 0.273. The molecule has 15 heteroatoms. The number of para-hydroxylation sites is 2. The SMILES string of the molecule is C=C(C)C(=O)OCCNC(=O)OC(COc1ccccc1)COc1ccc(Sc2ccc(OCC(COc3ccccc3)OC(=O)NCCOC(=O)C(=C)C)cc2)cc1. The predicted octanol–water partition coefficient (Wildman–Crippen LogP) is 7.18. The van der Waals surface area contributed by atoms with Crippen molar-refractivity contribution in [1.82, 2.24) is 10.6 Å². The third kappa shape index (κ3) is 18.0. The summed E-state index contributed by atoms with van der Waals surface area (Å²) in [7, 11) is 0. The summed E-state index contributed by atoms with van der Waals surface area (Å²) in [6.07, 6.45) is -2.95. The number of carbonyl (C=O) groups excluding carboxylic acids is 4. The Bertz CT molecular complexity index is 1800. The molecular formula is C44H48N2O12S. The molecule has 59 heavy (non-hydrogen) atoms. The molecule has 2 N–H and O–H groups in total. The van der Waals surface area contributed by atoms with Gasteiger partial charge in [0.1, 0.15) is 62.6 Å². The summed E-state index contributed by atoms with van der Waals surface area (Å²) in [5, 5.41) is 5.10. The van der Waals surface area contributed by atoms with E-state index < -0.39 is 36.3 Å². The molecule has 0 heterocycles. The summed E-state index contributed by atoms with van der Waals surface area (Å²) in [4.78, 5) is 50.0. The molecule has 0 aliphatic carbocycles. The number of hydrogen-bond acceptors (Lipinski definition) is 13. The monoisotopic (exact) mass is 828 g/mol. The summed E-state index contributed by atoms with van der Waals surface area (Å²) in [6, 6.07) is 33.1. The maximum absolute atomic E-state index is 12.5. The highest BCUT2D eigenvalue weighted by Gasteiger charge is 2.19. The molecule has 0 bridgehead atoms. The van der Waals surface area contributed by atoms with Gasteiger partial charge in [0.25, 0.3) is 0 Å². The molecule has 4 aromatic carbocycles. The molecule has 4 aromatic rings. The van der Waals surface area contributed by atoms with E-state index >= 15 is 0 Å². The number of esters is 2. The first-order valence-electron chi connectivity index (χ1n) is 18.6. The van der Waals surface area contributed by atoms with Crippen molar-refractivity contribution >= 4 is 35.9 Å². The zero-order valence-corrected chi connectivity index (χ0v) is 33.7. The van der Waals surface area contributed by atoms with Gasteiger partial charge in [-0.15, -0.1) is 0 Å². The van der Waals surface area contributed by atoms with Gasteiger partial charge in [-0.3, -0.25) is 0 Å². The lowest BCUT2D eigenvalue weighted by Crippen LogP contribution is -2.37. The van der Waals surface area contributed by atoms with E-state index in [-0.39, 0.29) is 63.9 Å². The lowest BCUT2D eigenvalue weighted by Gasteiger charge is -2.20. The maximum atomic E-state index is 12.5. The molecule has 0 aliphatic rings. The molecule has 2 unspecified atom stereocenters. The Kier molecular flexibility index (Phi) is 19.0. The van der Waals surface area contributed by atoms with Crippen LogP contribution < -0.4 is 29.6 Å². The van der Waals surface area contributed by atoms with Gasteiger partial charge in [-0.2, -0.15) is 0 Å². The van der Waals surface area contributed by atoms with Gasteiger partial charge < -0.3 is 48.5 Å². The van der Waals surface area contributed by atoms with Crippen molar-refractivity contribution in [3.63, 3.8) is 0 Å². The van der Waals surface area contributed by atoms with Crippen LogP contribution in [0.15, 0.2) is 143 Å². The van der Waals surface area contributed by atoms with Gasteiger partial charge in [-0.1, -0.05) is 61.3 Å². The summed E-state index contributed by atoms with van der Waals surface area (Å²) < 4.78 is 44.6. The molecule has 2 amide bonds. The van der Waals surface area contributed by atoms with Crippen molar-refractivity contribution in [2.45, 2.75) is 35.8 Å². The Morgan fingerprint density at radius 3 is 1.15 bits per heavy atom. The van der Waals surface area contributed by atoms with E-state index in [4.69, 9.17) is 37.9 Å². The molecule has 4 rings (SSSR count). The molecule has 312 valence electrons. The Balaban J connectivity index is 1.25. The number of ether oxygens (including phenoxy) is 8. The van der Waals surface area contributed by atoms with Crippen LogP contribution in [0, 0.1) is 0 Å². The van der Waals surface area contributed by atoms with Crippen LogP contribution in [0.4, 0.5) is 9.59 Å². The van der Waals surface area contributed by atoms with Crippen molar-refractivity contribution in [3.8, 4) is 23.0 Å². The van der Waals surface area contributed by atoms with Crippen LogP contribution in [0.2, 0.25) is 0 Å². The second-order valence-corrected chi connectivity index (χ2v) is 13.8. The van der Waals surface area contributed by atoms with Crippen molar-refractivity contribution in [2.24, 2.45) is 0 Å². The van der Waals surface area contributed by atoms with Crippen molar-refractivity contribution in [3.05, 3.63) is 133 Å². The standard InChI is InChI=1S/C44H48N2O12S/c1-31(2)41(47)51-25-23-45-43(49)57-37(27-53-33-11-7-5-8-12-33)29-55-35-15-19-39(20-16-35)59-40-21-17-36(18-22-40)56-30-38(28-54-34-13-9-6-10-14-34)58-44(50)46-24-26-52-42(48)32(3)4/h5-22,37-38H,1,3,23-30H2,2,4H3,(H,45,49)(H,46,50). The minimum absolute atomic E-state index is 0.0146. The third-order valence-corrected chi connectivity index (χ3v) is 8.58. The molecule has 0 saturated carbocycles. The number of alkyl carbamates (subject to hydrolysis) is 2. The zero-order chi connectivity index (χ0) is 42.2. The molecule has 0 radical (unpaired) electrons. The highest BCUT2D eigenvalue weighted by atomic mass is 32.2. The van der Waals surface area contributed by atoms with Crippen LogP contribution in [0.25, 0.3) is 0 Å². The number of nitrogens with one attached hydrogen (secondary N) is 2. The van der Waals surface area contributed by atoms with Gasteiger partial charge in [0, 0.05) is 20.9 Å². The molecule has 0 aromatic heterocycles. The van der Waals surface area contributed by atoms with E-state index in [1.165, 1.54) is 25.6 Å². The summed E-state index contributed by atoms with van der Waals surface area (Å²) >= 11 is 1.53. The Labute approximate surface area is 347 Å². The van der Waals surface area contributed by atoms with Gasteiger partial charge in [0.15, 0.2) is 12.2 Å². The van der Waals surface area contributed by atoms with Gasteiger partial charge >= 0.3 is 24.1 Å². The number of hydrogen-bond donors (Lipinski definition) is 2. The Morgan fingerprint density at radius 2 is 0.831 bits per heavy atom. The predicted molar refractivity (Wildman–Crippen MR) is 220 cm³/mol. The van der Waals surface area contributed by atoms with Crippen molar-refractivity contribution < 1.29 is 57.1 Å². The van der Waals surface area contributed by atoms with Crippen LogP contribution in [-0.4, -0.2) is 89.1 Å². The maximum Gasteiger partial charge on any atom is 0.407 e. The molecule has 14 nitrogen and oxygen atoms in total. The van der Waals surface area contributed by atoms with Gasteiger partial charge in [-0.25, -0.2) is 19.2 Å². The lowest BCUT2D eigenvalue weighted by molar-refractivity contribution is -0.139. The smallest absolute Gasteiger partial charge is 0.407 e. The zero-order valence-electron chi connectivity index (χ0n) is 32.9. The van der Waals surface area contributed by atoms with E-state index in [1.807, 2.05) is 84.9 Å². The van der Waals surface area contributed by atoms with Crippen molar-refractivity contribution in [1.29, 1.82) is 0 Å². The highest BCUT2D eigenvalue weighted by Crippen LogP contribution is 2.30. The van der Waals surface area contributed by atoms with Gasteiger partial charge in [0.05, 0.1) is 13.1 Å². The van der Waals surface area contributed by atoms with E-state index in [0.29, 0.717) is 23.0 Å². The summed E-state index contributed by atoms with van der Waals surface area (Å²) in [5.74, 6) is 1.26.